The van der Waals surface area contributed by atoms with Crippen LogP contribution in [0.3, 0.4) is 0 Å². The number of phenolic OH excluding ortho intramolecular Hbond substituents is 2. The molecule has 3 N–H and O–H groups in total. The second-order valence-corrected chi connectivity index (χ2v) is 4.78. The second kappa shape index (κ2) is 6.09. The lowest BCUT2D eigenvalue weighted by Crippen LogP contribution is -2.17. The molecule has 0 aliphatic heterocycles. The van der Waals surface area contributed by atoms with Crippen molar-refractivity contribution in [3.05, 3.63) is 58.7 Å². The summed E-state index contributed by atoms with van der Waals surface area (Å²) in [7, 11) is 0. The number of nitrogens with zero attached hydrogens (tertiary/aromatic N) is 1. The summed E-state index contributed by atoms with van der Waals surface area (Å²) in [6.45, 7) is 3.71. The van der Waals surface area contributed by atoms with Gasteiger partial charge in [0, 0.05) is 5.56 Å². The van der Waals surface area contributed by atoms with Crippen molar-refractivity contribution in [1.29, 1.82) is 0 Å². The third-order valence-electron chi connectivity index (χ3n) is 2.95. The number of phenols is 2. The average Bonchev–Trinajstić information content (AvgIpc) is 2.42. The maximum Gasteiger partial charge on any atom is 0.275 e. The van der Waals surface area contributed by atoms with Crippen LogP contribution in [-0.2, 0) is 0 Å². The minimum Gasteiger partial charge on any atom is -0.507 e. The number of hydrogen-bond donors (Lipinski definition) is 3. The van der Waals surface area contributed by atoms with Crippen LogP contribution in [0.5, 0.6) is 11.5 Å². The molecule has 21 heavy (non-hydrogen) atoms. The third kappa shape index (κ3) is 3.60. The van der Waals surface area contributed by atoms with Crippen LogP contribution in [0.1, 0.15) is 27.0 Å². The van der Waals surface area contributed by atoms with Gasteiger partial charge in [-0.25, -0.2) is 5.43 Å². The van der Waals surface area contributed by atoms with E-state index in [0.717, 1.165) is 11.1 Å². The molecule has 0 radical (unpaired) electrons. The monoisotopic (exact) mass is 284 g/mol. The lowest BCUT2D eigenvalue weighted by Gasteiger charge is -2.04. The first-order valence-corrected chi connectivity index (χ1v) is 6.40. The SMILES string of the molecule is Cc1ccc(C(=O)N/N=C/c2cc(C)ccc2O)c(O)c1. The molecule has 0 bridgehead atoms. The third-order valence-corrected chi connectivity index (χ3v) is 2.95. The highest BCUT2D eigenvalue weighted by atomic mass is 16.3. The molecule has 2 rings (SSSR count). The number of hydrazone groups is 1. The minimum absolute atomic E-state index is 0.0804. The number of aromatic hydroxyl groups is 2. The van der Waals surface area contributed by atoms with E-state index in [1.54, 1.807) is 24.3 Å². The highest BCUT2D eigenvalue weighted by Crippen LogP contribution is 2.18. The molecule has 0 saturated carbocycles. The van der Waals surface area contributed by atoms with Gasteiger partial charge in [0.05, 0.1) is 11.8 Å². The van der Waals surface area contributed by atoms with Crippen molar-refractivity contribution < 1.29 is 15.0 Å². The Hall–Kier alpha value is -2.82. The van der Waals surface area contributed by atoms with Crippen LogP contribution in [0, 0.1) is 13.8 Å². The highest BCUT2D eigenvalue weighted by Gasteiger charge is 2.09. The maximum absolute atomic E-state index is 11.9. The topological polar surface area (TPSA) is 81.9 Å². The predicted molar refractivity (Wildman–Crippen MR) is 80.7 cm³/mol. The number of rotatable bonds is 3. The number of aryl methyl sites for hydroxylation is 2. The first-order valence-electron chi connectivity index (χ1n) is 6.40. The van der Waals surface area contributed by atoms with Crippen LogP contribution in [0.4, 0.5) is 0 Å². The molecule has 0 fully saturated rings. The molecule has 0 aliphatic rings. The van der Waals surface area contributed by atoms with Crippen molar-refractivity contribution in [3.63, 3.8) is 0 Å². The summed E-state index contributed by atoms with van der Waals surface area (Å²) >= 11 is 0. The predicted octanol–water partition coefficient (Wildman–Crippen LogP) is 2.48. The molecule has 0 aromatic heterocycles. The fourth-order valence-corrected chi connectivity index (χ4v) is 1.83. The number of hydrogen-bond acceptors (Lipinski definition) is 4. The molecule has 2 aromatic rings. The minimum atomic E-state index is -0.518. The summed E-state index contributed by atoms with van der Waals surface area (Å²) in [6.07, 6.45) is 1.35. The quantitative estimate of drug-likeness (QED) is 0.598. The van der Waals surface area contributed by atoms with Gasteiger partial charge in [-0.05, 0) is 43.7 Å². The zero-order chi connectivity index (χ0) is 15.4. The zero-order valence-electron chi connectivity index (χ0n) is 11.8. The van der Waals surface area contributed by atoms with E-state index in [1.807, 2.05) is 13.8 Å². The highest BCUT2D eigenvalue weighted by molar-refractivity contribution is 5.97. The summed E-state index contributed by atoms with van der Waals surface area (Å²) in [5.41, 5.74) is 4.79. The van der Waals surface area contributed by atoms with Crippen molar-refractivity contribution in [3.8, 4) is 11.5 Å². The Morgan fingerprint density at radius 1 is 1.05 bits per heavy atom. The van der Waals surface area contributed by atoms with Crippen molar-refractivity contribution in [2.24, 2.45) is 5.10 Å². The first kappa shape index (κ1) is 14.6. The normalized spacial score (nSPS) is 10.8. The zero-order valence-corrected chi connectivity index (χ0v) is 11.8. The van der Waals surface area contributed by atoms with Gasteiger partial charge in [-0.3, -0.25) is 4.79 Å². The van der Waals surface area contributed by atoms with Crippen molar-refractivity contribution in [2.45, 2.75) is 13.8 Å². The molecule has 0 unspecified atom stereocenters. The van der Waals surface area contributed by atoms with E-state index in [2.05, 4.69) is 10.5 Å². The van der Waals surface area contributed by atoms with Gasteiger partial charge >= 0.3 is 0 Å². The first-order chi connectivity index (χ1) is 9.97. The van der Waals surface area contributed by atoms with E-state index in [4.69, 9.17) is 0 Å². The second-order valence-electron chi connectivity index (χ2n) is 4.78. The number of amides is 1. The Kier molecular flexibility index (Phi) is 4.23. The van der Waals surface area contributed by atoms with Gasteiger partial charge in [-0.1, -0.05) is 17.7 Å². The largest absolute Gasteiger partial charge is 0.507 e. The fraction of sp³-hybridized carbons (Fsp3) is 0.125. The molecule has 0 spiro atoms. The maximum atomic E-state index is 11.9. The summed E-state index contributed by atoms with van der Waals surface area (Å²) < 4.78 is 0. The van der Waals surface area contributed by atoms with E-state index in [9.17, 15) is 15.0 Å². The Morgan fingerprint density at radius 3 is 2.43 bits per heavy atom. The Morgan fingerprint density at radius 2 is 1.71 bits per heavy atom. The number of benzene rings is 2. The van der Waals surface area contributed by atoms with Gasteiger partial charge in [-0.15, -0.1) is 0 Å². The molecular weight excluding hydrogens is 268 g/mol. The molecule has 1 amide bonds. The summed E-state index contributed by atoms with van der Waals surface area (Å²) in [5.74, 6) is -0.534. The number of carbonyl (C=O) groups excluding carboxylic acids is 1. The van der Waals surface area contributed by atoms with E-state index < -0.39 is 5.91 Å². The summed E-state index contributed by atoms with van der Waals surface area (Å²) in [5, 5.41) is 23.1. The van der Waals surface area contributed by atoms with Gasteiger partial charge < -0.3 is 10.2 Å². The van der Waals surface area contributed by atoms with E-state index >= 15 is 0 Å². The average molecular weight is 284 g/mol. The van der Waals surface area contributed by atoms with E-state index in [0.29, 0.717) is 5.56 Å². The summed E-state index contributed by atoms with van der Waals surface area (Å²) in [4.78, 5) is 11.9. The fourth-order valence-electron chi connectivity index (χ4n) is 1.83. The van der Waals surface area contributed by atoms with Crippen LogP contribution >= 0.6 is 0 Å². The summed E-state index contributed by atoms with van der Waals surface area (Å²) in [6, 6.07) is 9.84. The Bertz CT molecular complexity index is 709. The smallest absolute Gasteiger partial charge is 0.275 e. The van der Waals surface area contributed by atoms with Gasteiger partial charge in [0.2, 0.25) is 0 Å². The van der Waals surface area contributed by atoms with Gasteiger partial charge in [0.15, 0.2) is 0 Å². The molecule has 2 aromatic carbocycles. The number of carbonyl (C=O) groups is 1. The van der Waals surface area contributed by atoms with Crippen LogP contribution in [-0.4, -0.2) is 22.3 Å². The molecule has 5 heteroatoms. The van der Waals surface area contributed by atoms with Crippen molar-refractivity contribution >= 4 is 12.1 Å². The lowest BCUT2D eigenvalue weighted by molar-refractivity contribution is 0.0952. The van der Waals surface area contributed by atoms with E-state index in [1.165, 1.54) is 18.3 Å². The Balaban J connectivity index is 2.10. The van der Waals surface area contributed by atoms with E-state index in [-0.39, 0.29) is 17.1 Å². The van der Waals surface area contributed by atoms with Gasteiger partial charge in [0.1, 0.15) is 11.5 Å². The Labute approximate surface area is 122 Å². The molecule has 0 heterocycles. The standard InChI is InChI=1S/C16H16N2O3/c1-10-4-6-14(19)12(7-10)9-17-18-16(21)13-5-3-11(2)8-15(13)20/h3-9,19-20H,1-2H3,(H,18,21)/b17-9+. The van der Waals surface area contributed by atoms with Crippen LogP contribution < -0.4 is 5.43 Å². The molecule has 0 aliphatic carbocycles. The molecule has 0 atom stereocenters. The molecule has 108 valence electrons. The molecular formula is C16H16N2O3. The van der Waals surface area contributed by atoms with Gasteiger partial charge in [-0.2, -0.15) is 5.10 Å². The van der Waals surface area contributed by atoms with Gasteiger partial charge in [0.25, 0.3) is 5.91 Å². The van der Waals surface area contributed by atoms with Crippen LogP contribution in [0.25, 0.3) is 0 Å². The van der Waals surface area contributed by atoms with Crippen molar-refractivity contribution in [1.82, 2.24) is 5.43 Å². The van der Waals surface area contributed by atoms with Crippen molar-refractivity contribution in [2.75, 3.05) is 0 Å². The number of nitrogens with one attached hydrogen (secondary N) is 1. The molecule has 5 nitrogen and oxygen atoms in total. The lowest BCUT2D eigenvalue weighted by atomic mass is 10.1. The van der Waals surface area contributed by atoms with Crippen LogP contribution in [0.2, 0.25) is 0 Å². The molecule has 0 saturated heterocycles. The van der Waals surface area contributed by atoms with Crippen LogP contribution in [0.15, 0.2) is 41.5 Å².